The minimum absolute atomic E-state index is 0.0982. The molecule has 0 N–H and O–H groups in total. The average molecular weight is 1080 g/mol. The third-order valence-corrected chi connectivity index (χ3v) is 13.4. The van der Waals surface area contributed by atoms with E-state index in [4.69, 9.17) is 14.2 Å². The monoisotopic (exact) mass is 1080 g/mol. The normalized spacial score (nSPS) is 13.0. The van der Waals surface area contributed by atoms with Crippen molar-refractivity contribution in [2.75, 3.05) is 13.2 Å². The summed E-state index contributed by atoms with van der Waals surface area (Å²) in [5.41, 5.74) is 0. The molecule has 0 heterocycles. The van der Waals surface area contributed by atoms with Crippen molar-refractivity contribution >= 4 is 17.9 Å². The molecule has 0 amide bonds. The van der Waals surface area contributed by atoms with Gasteiger partial charge in [0.05, 0.1) is 0 Å². The van der Waals surface area contributed by atoms with Crippen molar-refractivity contribution in [1.82, 2.24) is 0 Å². The molecule has 0 rings (SSSR count). The Morgan fingerprint density at radius 2 is 0.513 bits per heavy atom. The van der Waals surface area contributed by atoms with Crippen LogP contribution in [0.1, 0.15) is 284 Å². The highest BCUT2D eigenvalue weighted by Crippen LogP contribution is 2.14. The van der Waals surface area contributed by atoms with E-state index in [1.54, 1.807) is 0 Å². The van der Waals surface area contributed by atoms with E-state index in [-0.39, 0.29) is 31.1 Å². The lowest BCUT2D eigenvalue weighted by Gasteiger charge is -2.18. The number of esters is 3. The lowest BCUT2D eigenvalue weighted by Crippen LogP contribution is -2.30. The lowest BCUT2D eigenvalue weighted by atomic mass is 10.1. The minimum Gasteiger partial charge on any atom is -0.462 e. The van der Waals surface area contributed by atoms with Crippen LogP contribution in [0.3, 0.4) is 0 Å². The Labute approximate surface area is 481 Å². The summed E-state index contributed by atoms with van der Waals surface area (Å²) in [6.07, 6.45) is 91.6. The first kappa shape index (κ1) is 73.5. The van der Waals surface area contributed by atoms with Crippen molar-refractivity contribution in [3.05, 3.63) is 134 Å². The summed E-state index contributed by atoms with van der Waals surface area (Å²) in [6, 6.07) is 0. The molecule has 442 valence electrons. The molecule has 1 unspecified atom stereocenters. The number of hydrogen-bond donors (Lipinski definition) is 0. The number of rotatable bonds is 57. The molecule has 1 atom stereocenters. The van der Waals surface area contributed by atoms with E-state index < -0.39 is 6.10 Å². The van der Waals surface area contributed by atoms with Gasteiger partial charge >= 0.3 is 17.9 Å². The molecule has 0 aromatic rings. The summed E-state index contributed by atoms with van der Waals surface area (Å²) >= 11 is 0. The Balaban J connectivity index is 4.41. The fourth-order valence-corrected chi connectivity index (χ4v) is 8.53. The zero-order valence-electron chi connectivity index (χ0n) is 50.6. The zero-order chi connectivity index (χ0) is 56.4. The van der Waals surface area contributed by atoms with Crippen molar-refractivity contribution in [3.63, 3.8) is 0 Å². The van der Waals surface area contributed by atoms with Crippen molar-refractivity contribution in [3.8, 4) is 0 Å². The summed E-state index contributed by atoms with van der Waals surface area (Å²) < 4.78 is 16.9. The largest absolute Gasteiger partial charge is 0.462 e. The Morgan fingerprint density at radius 3 is 0.833 bits per heavy atom. The van der Waals surface area contributed by atoms with Crippen LogP contribution in [-0.4, -0.2) is 37.2 Å². The van der Waals surface area contributed by atoms with Gasteiger partial charge in [-0.1, -0.05) is 264 Å². The molecular formula is C72H118O6. The van der Waals surface area contributed by atoms with E-state index in [1.165, 1.54) is 96.3 Å². The molecule has 0 aromatic heterocycles. The Bertz CT molecular complexity index is 1670. The second-order valence-electron chi connectivity index (χ2n) is 20.9. The fraction of sp³-hybridized carbons (Fsp3) is 0.653. The average Bonchev–Trinajstić information content (AvgIpc) is 3.44. The van der Waals surface area contributed by atoms with Crippen LogP contribution in [0.4, 0.5) is 0 Å². The maximum absolute atomic E-state index is 12.9. The van der Waals surface area contributed by atoms with Crippen molar-refractivity contribution in [2.24, 2.45) is 0 Å². The molecule has 0 fully saturated rings. The second-order valence-corrected chi connectivity index (χ2v) is 20.9. The van der Waals surface area contributed by atoms with Crippen LogP contribution in [0.15, 0.2) is 134 Å². The van der Waals surface area contributed by atoms with Gasteiger partial charge in [0.2, 0.25) is 0 Å². The van der Waals surface area contributed by atoms with Gasteiger partial charge in [-0.3, -0.25) is 14.4 Å². The van der Waals surface area contributed by atoms with Crippen LogP contribution in [-0.2, 0) is 28.6 Å². The Hall–Kier alpha value is -4.45. The van der Waals surface area contributed by atoms with Crippen LogP contribution < -0.4 is 0 Å². The molecule has 0 aromatic carbocycles. The highest BCUT2D eigenvalue weighted by molar-refractivity contribution is 5.71. The van der Waals surface area contributed by atoms with Crippen LogP contribution >= 0.6 is 0 Å². The lowest BCUT2D eigenvalue weighted by molar-refractivity contribution is -0.167. The summed E-state index contributed by atoms with van der Waals surface area (Å²) in [7, 11) is 0. The minimum atomic E-state index is -0.802. The fourth-order valence-electron chi connectivity index (χ4n) is 8.53. The van der Waals surface area contributed by atoms with E-state index in [0.717, 1.165) is 148 Å². The highest BCUT2D eigenvalue weighted by Gasteiger charge is 2.19. The van der Waals surface area contributed by atoms with Crippen LogP contribution in [0.25, 0.3) is 0 Å². The topological polar surface area (TPSA) is 78.9 Å². The first-order chi connectivity index (χ1) is 38.5. The first-order valence-electron chi connectivity index (χ1n) is 32.2. The molecule has 0 saturated heterocycles. The van der Waals surface area contributed by atoms with E-state index >= 15 is 0 Å². The number of ether oxygens (including phenoxy) is 3. The number of allylic oxidation sites excluding steroid dienone is 22. The predicted molar refractivity (Wildman–Crippen MR) is 339 cm³/mol. The second kappa shape index (κ2) is 65.1. The number of unbranched alkanes of at least 4 members (excludes halogenated alkanes) is 24. The third-order valence-electron chi connectivity index (χ3n) is 13.4. The van der Waals surface area contributed by atoms with Gasteiger partial charge in [-0.2, -0.15) is 0 Å². The molecule has 0 aliphatic carbocycles. The summed E-state index contributed by atoms with van der Waals surface area (Å²) in [4.78, 5) is 38.3. The first-order valence-corrected chi connectivity index (χ1v) is 32.2. The highest BCUT2D eigenvalue weighted by atomic mass is 16.6. The quantitative estimate of drug-likeness (QED) is 0.0261. The van der Waals surface area contributed by atoms with E-state index in [2.05, 4.69) is 154 Å². The Kier molecular flexibility index (Phi) is 61.4. The maximum Gasteiger partial charge on any atom is 0.306 e. The molecule has 78 heavy (non-hydrogen) atoms. The van der Waals surface area contributed by atoms with Crippen LogP contribution in [0.5, 0.6) is 0 Å². The van der Waals surface area contributed by atoms with E-state index in [0.29, 0.717) is 19.3 Å². The number of hydrogen-bond acceptors (Lipinski definition) is 6. The van der Waals surface area contributed by atoms with Crippen LogP contribution in [0.2, 0.25) is 0 Å². The standard InChI is InChI=1S/C72H118O6/c1-4-7-10-13-16-19-22-25-28-30-31-32-33-34-35-36-37-38-39-40-41-43-44-47-50-53-56-59-62-65-71(74)77-68-69(67-76-70(73)64-61-58-55-52-49-46-27-24-21-18-15-12-9-6-3)78-72(75)66-63-60-57-54-51-48-45-42-29-26-23-20-17-14-11-8-5-2/h7,10,15-16,18-19,24-29,31-32,34-35,37-38,40-41,44,47,69H,4-6,8-9,11-14,17,20-23,30,33,36,39,42-43,45-46,48-68H2,1-3H3/b10-7-,18-15-,19-16-,27-24-,28-25-,29-26-,32-31-,35-34-,38-37-,41-40-,47-44-. The molecule has 0 aliphatic heterocycles. The SMILES string of the molecule is CC/C=C\C/C=C\C/C=C\C/C=C\C/C=C\C/C=C\C/C=C\C/C=C\CCCCCCC(=O)OCC(COC(=O)CCCCCCC/C=C\C/C=C\CCCC)OC(=O)CCCCCCCCC/C=C\CCCCCCCC. The van der Waals surface area contributed by atoms with Crippen LogP contribution in [0, 0.1) is 0 Å². The van der Waals surface area contributed by atoms with Crippen molar-refractivity contribution in [2.45, 2.75) is 290 Å². The third kappa shape index (κ3) is 62.4. The summed E-state index contributed by atoms with van der Waals surface area (Å²) in [5.74, 6) is -0.939. The van der Waals surface area contributed by atoms with Gasteiger partial charge in [0.1, 0.15) is 13.2 Å². The van der Waals surface area contributed by atoms with Gasteiger partial charge in [-0.05, 0) is 135 Å². The van der Waals surface area contributed by atoms with Gasteiger partial charge < -0.3 is 14.2 Å². The smallest absolute Gasteiger partial charge is 0.306 e. The van der Waals surface area contributed by atoms with Crippen molar-refractivity contribution < 1.29 is 28.6 Å². The van der Waals surface area contributed by atoms with Gasteiger partial charge in [-0.25, -0.2) is 0 Å². The van der Waals surface area contributed by atoms with Crippen molar-refractivity contribution in [1.29, 1.82) is 0 Å². The molecule has 0 radical (unpaired) electrons. The van der Waals surface area contributed by atoms with E-state index in [1.807, 2.05) is 0 Å². The summed E-state index contributed by atoms with van der Waals surface area (Å²) in [6.45, 7) is 6.45. The molecular weight excluding hydrogens is 961 g/mol. The van der Waals surface area contributed by atoms with Gasteiger partial charge in [0, 0.05) is 19.3 Å². The molecule has 0 bridgehead atoms. The van der Waals surface area contributed by atoms with Gasteiger partial charge in [0.15, 0.2) is 6.10 Å². The molecule has 0 aliphatic rings. The Morgan fingerprint density at radius 1 is 0.269 bits per heavy atom. The molecule has 6 heteroatoms. The molecule has 0 spiro atoms. The molecule has 0 saturated carbocycles. The molecule has 6 nitrogen and oxygen atoms in total. The van der Waals surface area contributed by atoms with Gasteiger partial charge in [0.25, 0.3) is 0 Å². The van der Waals surface area contributed by atoms with Gasteiger partial charge in [-0.15, -0.1) is 0 Å². The maximum atomic E-state index is 12.9. The van der Waals surface area contributed by atoms with E-state index in [9.17, 15) is 14.4 Å². The summed E-state index contributed by atoms with van der Waals surface area (Å²) in [5, 5.41) is 0. The predicted octanol–water partition coefficient (Wildman–Crippen LogP) is 22.2. The zero-order valence-corrected chi connectivity index (χ0v) is 50.6. The number of carbonyl (C=O) groups excluding carboxylic acids is 3. The number of carbonyl (C=O) groups is 3.